The molecule has 2 aromatic carbocycles. The largest absolute Gasteiger partial charge is 0.506 e. The smallest absolute Gasteiger partial charge is 0.138 e. The number of hydrogen-bond donors (Lipinski definition) is 2. The molecule has 0 aliphatic carbocycles. The number of pyridine rings is 1. The van der Waals surface area contributed by atoms with Gasteiger partial charge < -0.3 is 10.4 Å². The lowest BCUT2D eigenvalue weighted by atomic mass is 10.0. The van der Waals surface area contributed by atoms with Crippen LogP contribution in [0.1, 0.15) is 5.69 Å². The van der Waals surface area contributed by atoms with E-state index in [1.165, 1.54) is 0 Å². The van der Waals surface area contributed by atoms with Crippen LogP contribution in [0, 0.1) is 0 Å². The molecule has 2 N–H and O–H groups in total. The average molecular weight is 276 g/mol. The van der Waals surface area contributed by atoms with Crippen molar-refractivity contribution in [3.05, 3.63) is 78.6 Å². The van der Waals surface area contributed by atoms with Crippen LogP contribution in [0.3, 0.4) is 0 Å². The zero-order chi connectivity index (χ0) is 14.5. The number of anilines is 1. The summed E-state index contributed by atoms with van der Waals surface area (Å²) in [5.74, 6) is 0.241. The van der Waals surface area contributed by atoms with E-state index in [0.717, 1.165) is 16.8 Å². The standard InChI is InChI=1S/C18H16N2O/c21-18-10-9-15(14-6-2-1-3-7-14)12-17(18)20-13-16-8-4-5-11-19-16/h1-12,20-21H,13H2. The van der Waals surface area contributed by atoms with Crippen molar-refractivity contribution in [2.24, 2.45) is 0 Å². The lowest BCUT2D eigenvalue weighted by molar-refractivity contribution is 0.477. The molecule has 3 rings (SSSR count). The van der Waals surface area contributed by atoms with E-state index in [2.05, 4.69) is 22.4 Å². The Hall–Kier alpha value is -2.81. The Labute approximate surface area is 123 Å². The first-order chi connectivity index (χ1) is 10.3. The molecule has 0 unspecified atom stereocenters. The van der Waals surface area contributed by atoms with E-state index in [-0.39, 0.29) is 5.75 Å². The highest BCUT2D eigenvalue weighted by Gasteiger charge is 2.04. The van der Waals surface area contributed by atoms with Gasteiger partial charge in [-0.2, -0.15) is 0 Å². The van der Waals surface area contributed by atoms with E-state index < -0.39 is 0 Å². The Balaban J connectivity index is 1.82. The van der Waals surface area contributed by atoms with Gasteiger partial charge in [0.1, 0.15) is 5.75 Å². The maximum Gasteiger partial charge on any atom is 0.138 e. The number of phenols is 1. The van der Waals surface area contributed by atoms with Gasteiger partial charge in [-0.1, -0.05) is 42.5 Å². The minimum Gasteiger partial charge on any atom is -0.506 e. The molecule has 1 aromatic heterocycles. The summed E-state index contributed by atoms with van der Waals surface area (Å²) in [5, 5.41) is 13.2. The number of rotatable bonds is 4. The topological polar surface area (TPSA) is 45.1 Å². The second kappa shape index (κ2) is 6.09. The highest BCUT2D eigenvalue weighted by Crippen LogP contribution is 2.29. The molecule has 0 aliphatic heterocycles. The Morgan fingerprint density at radius 1 is 0.857 bits per heavy atom. The second-order valence-corrected chi connectivity index (χ2v) is 4.77. The molecule has 0 aliphatic rings. The summed E-state index contributed by atoms with van der Waals surface area (Å²) in [4.78, 5) is 4.26. The number of aromatic nitrogens is 1. The zero-order valence-electron chi connectivity index (χ0n) is 11.5. The summed E-state index contributed by atoms with van der Waals surface area (Å²) in [6, 6.07) is 21.5. The van der Waals surface area contributed by atoms with Crippen LogP contribution in [0.4, 0.5) is 5.69 Å². The van der Waals surface area contributed by atoms with E-state index >= 15 is 0 Å². The van der Waals surface area contributed by atoms with Crippen LogP contribution in [-0.2, 0) is 6.54 Å². The summed E-state index contributed by atoms with van der Waals surface area (Å²) < 4.78 is 0. The first-order valence-corrected chi connectivity index (χ1v) is 6.85. The number of benzene rings is 2. The molecule has 104 valence electrons. The number of aromatic hydroxyl groups is 1. The summed E-state index contributed by atoms with van der Waals surface area (Å²) in [6.45, 7) is 0.576. The number of nitrogens with one attached hydrogen (secondary N) is 1. The van der Waals surface area contributed by atoms with Crippen LogP contribution in [-0.4, -0.2) is 10.1 Å². The molecule has 0 radical (unpaired) electrons. The van der Waals surface area contributed by atoms with Gasteiger partial charge in [-0.3, -0.25) is 4.98 Å². The summed E-state index contributed by atoms with van der Waals surface area (Å²) >= 11 is 0. The van der Waals surface area contributed by atoms with Crippen LogP contribution in [0.15, 0.2) is 72.9 Å². The molecule has 0 saturated carbocycles. The fourth-order valence-corrected chi connectivity index (χ4v) is 2.18. The third-order valence-corrected chi connectivity index (χ3v) is 3.29. The van der Waals surface area contributed by atoms with Crippen LogP contribution in [0.25, 0.3) is 11.1 Å². The zero-order valence-corrected chi connectivity index (χ0v) is 11.5. The maximum atomic E-state index is 9.98. The molecule has 3 aromatic rings. The Morgan fingerprint density at radius 3 is 2.43 bits per heavy atom. The van der Waals surface area contributed by atoms with Gasteiger partial charge in [0.05, 0.1) is 17.9 Å². The molecule has 3 nitrogen and oxygen atoms in total. The second-order valence-electron chi connectivity index (χ2n) is 4.77. The molecule has 0 amide bonds. The SMILES string of the molecule is Oc1ccc(-c2ccccc2)cc1NCc1ccccn1. The minimum atomic E-state index is 0.241. The van der Waals surface area contributed by atoms with Gasteiger partial charge >= 0.3 is 0 Å². The molecule has 1 heterocycles. The van der Waals surface area contributed by atoms with Gasteiger partial charge in [-0.25, -0.2) is 0 Å². The van der Waals surface area contributed by atoms with Crippen molar-refractivity contribution in [3.8, 4) is 16.9 Å². The van der Waals surface area contributed by atoms with Gasteiger partial charge in [-0.05, 0) is 35.4 Å². The predicted molar refractivity (Wildman–Crippen MR) is 85.1 cm³/mol. The van der Waals surface area contributed by atoms with Crippen molar-refractivity contribution in [2.75, 3.05) is 5.32 Å². The van der Waals surface area contributed by atoms with Crippen molar-refractivity contribution >= 4 is 5.69 Å². The molecule has 0 spiro atoms. The van der Waals surface area contributed by atoms with Crippen molar-refractivity contribution in [2.45, 2.75) is 6.54 Å². The number of hydrogen-bond acceptors (Lipinski definition) is 3. The lowest BCUT2D eigenvalue weighted by Crippen LogP contribution is -2.01. The van der Waals surface area contributed by atoms with Gasteiger partial charge in [-0.15, -0.1) is 0 Å². The van der Waals surface area contributed by atoms with Gasteiger partial charge in [0.15, 0.2) is 0 Å². The summed E-state index contributed by atoms with van der Waals surface area (Å²) in [6.07, 6.45) is 1.76. The normalized spacial score (nSPS) is 10.3. The van der Waals surface area contributed by atoms with E-state index in [4.69, 9.17) is 0 Å². The van der Waals surface area contributed by atoms with E-state index in [0.29, 0.717) is 12.2 Å². The Kier molecular flexibility index (Phi) is 3.83. The van der Waals surface area contributed by atoms with Crippen LogP contribution >= 0.6 is 0 Å². The first-order valence-electron chi connectivity index (χ1n) is 6.85. The highest BCUT2D eigenvalue weighted by atomic mass is 16.3. The first kappa shape index (κ1) is 13.2. The predicted octanol–water partition coefficient (Wildman–Crippen LogP) is 4.07. The molecule has 3 heteroatoms. The average Bonchev–Trinajstić information content (AvgIpc) is 2.56. The quantitative estimate of drug-likeness (QED) is 0.706. The Morgan fingerprint density at radius 2 is 1.67 bits per heavy atom. The van der Waals surface area contributed by atoms with E-state index in [1.54, 1.807) is 12.3 Å². The molecule has 21 heavy (non-hydrogen) atoms. The van der Waals surface area contributed by atoms with Crippen LogP contribution in [0.5, 0.6) is 5.75 Å². The minimum absolute atomic E-state index is 0.241. The van der Waals surface area contributed by atoms with E-state index in [1.807, 2.05) is 48.5 Å². The molecule has 0 atom stereocenters. The molecule has 0 bridgehead atoms. The van der Waals surface area contributed by atoms with Crippen LogP contribution < -0.4 is 5.32 Å². The number of nitrogens with zero attached hydrogens (tertiary/aromatic N) is 1. The summed E-state index contributed by atoms with van der Waals surface area (Å²) in [7, 11) is 0. The van der Waals surface area contributed by atoms with Gasteiger partial charge in [0, 0.05) is 6.20 Å². The number of phenolic OH excluding ortho intramolecular Hbond substituents is 1. The van der Waals surface area contributed by atoms with Gasteiger partial charge in [0.2, 0.25) is 0 Å². The molecular weight excluding hydrogens is 260 g/mol. The van der Waals surface area contributed by atoms with Crippen molar-refractivity contribution in [1.29, 1.82) is 0 Å². The third-order valence-electron chi connectivity index (χ3n) is 3.29. The van der Waals surface area contributed by atoms with Crippen LogP contribution in [0.2, 0.25) is 0 Å². The molecule has 0 saturated heterocycles. The fourth-order valence-electron chi connectivity index (χ4n) is 2.18. The monoisotopic (exact) mass is 276 g/mol. The Bertz CT molecular complexity index is 712. The van der Waals surface area contributed by atoms with E-state index in [9.17, 15) is 5.11 Å². The maximum absolute atomic E-state index is 9.98. The summed E-state index contributed by atoms with van der Waals surface area (Å²) in [5.41, 5.74) is 3.83. The fraction of sp³-hybridized carbons (Fsp3) is 0.0556. The van der Waals surface area contributed by atoms with Crippen molar-refractivity contribution in [3.63, 3.8) is 0 Å². The van der Waals surface area contributed by atoms with Gasteiger partial charge in [0.25, 0.3) is 0 Å². The van der Waals surface area contributed by atoms with Crippen molar-refractivity contribution in [1.82, 2.24) is 4.98 Å². The highest BCUT2D eigenvalue weighted by molar-refractivity contribution is 5.71. The third kappa shape index (κ3) is 3.20. The molecule has 0 fully saturated rings. The molecular formula is C18H16N2O. The lowest BCUT2D eigenvalue weighted by Gasteiger charge is -2.10. The van der Waals surface area contributed by atoms with Crippen molar-refractivity contribution < 1.29 is 5.11 Å².